The van der Waals surface area contributed by atoms with E-state index >= 15 is 0 Å². The van der Waals surface area contributed by atoms with Crippen LogP contribution in [0.4, 0.5) is 4.79 Å². The van der Waals surface area contributed by atoms with Crippen LogP contribution in [0.5, 0.6) is 0 Å². The summed E-state index contributed by atoms with van der Waals surface area (Å²) in [5.41, 5.74) is 1.08. The third-order valence-corrected chi connectivity index (χ3v) is 3.55. The highest BCUT2D eigenvalue weighted by molar-refractivity contribution is 7.15. The van der Waals surface area contributed by atoms with Crippen molar-refractivity contribution < 1.29 is 4.79 Å². The predicted octanol–water partition coefficient (Wildman–Crippen LogP) is 0.795. The van der Waals surface area contributed by atoms with E-state index in [9.17, 15) is 4.79 Å². The van der Waals surface area contributed by atoms with E-state index in [1.807, 2.05) is 9.90 Å². The van der Waals surface area contributed by atoms with Gasteiger partial charge in [-0.3, -0.25) is 0 Å². The van der Waals surface area contributed by atoms with Gasteiger partial charge in [0, 0.05) is 24.4 Å². The van der Waals surface area contributed by atoms with Crippen molar-refractivity contribution in [1.29, 1.82) is 0 Å². The van der Waals surface area contributed by atoms with Gasteiger partial charge in [0.2, 0.25) is 4.96 Å². The number of carbonyl (C=O) groups excluding carboxylic acids is 1. The summed E-state index contributed by atoms with van der Waals surface area (Å²) in [6.07, 6.45) is 4.53. The van der Waals surface area contributed by atoms with Crippen LogP contribution in [-0.2, 0) is 6.42 Å². The largest absolute Gasteiger partial charge is 0.338 e. The van der Waals surface area contributed by atoms with Crippen LogP contribution in [0, 0.1) is 0 Å². The van der Waals surface area contributed by atoms with Crippen LogP contribution in [0.3, 0.4) is 0 Å². The Morgan fingerprint density at radius 2 is 2.47 bits per heavy atom. The number of amides is 2. The van der Waals surface area contributed by atoms with Crippen molar-refractivity contribution in [2.75, 3.05) is 6.54 Å². The molecule has 1 aliphatic carbocycles. The molecule has 0 saturated heterocycles. The SMILES string of the molecule is O=C(NCCc1csc2ncnn12)NC1CC1. The lowest BCUT2D eigenvalue weighted by atomic mass is 10.3. The maximum Gasteiger partial charge on any atom is 0.315 e. The number of carbonyl (C=O) groups is 1. The quantitative estimate of drug-likeness (QED) is 0.844. The summed E-state index contributed by atoms with van der Waals surface area (Å²) in [6.45, 7) is 0.615. The van der Waals surface area contributed by atoms with Crippen LogP contribution in [0.2, 0.25) is 0 Å². The highest BCUT2D eigenvalue weighted by atomic mass is 32.1. The minimum absolute atomic E-state index is 0.0717. The standard InChI is InChI=1S/C10H13N5OS/c16-9(14-7-1-2-7)11-4-3-8-5-17-10-12-6-13-15(8)10/h5-7H,1-4H2,(H2,11,14,16). The molecule has 6 nitrogen and oxygen atoms in total. The van der Waals surface area contributed by atoms with Crippen molar-refractivity contribution in [1.82, 2.24) is 25.2 Å². The number of thiazole rings is 1. The minimum Gasteiger partial charge on any atom is -0.338 e. The highest BCUT2D eigenvalue weighted by Gasteiger charge is 2.22. The summed E-state index contributed by atoms with van der Waals surface area (Å²) in [5.74, 6) is 0. The van der Waals surface area contributed by atoms with Gasteiger partial charge in [-0.25, -0.2) is 14.3 Å². The Morgan fingerprint density at radius 1 is 1.59 bits per heavy atom. The van der Waals surface area contributed by atoms with Crippen molar-refractivity contribution in [2.24, 2.45) is 0 Å². The molecular weight excluding hydrogens is 238 g/mol. The second kappa shape index (κ2) is 4.33. The Bertz CT molecular complexity index is 530. The number of hydrogen-bond donors (Lipinski definition) is 2. The summed E-state index contributed by atoms with van der Waals surface area (Å²) in [7, 11) is 0. The van der Waals surface area contributed by atoms with Crippen molar-refractivity contribution in [3.05, 3.63) is 17.4 Å². The van der Waals surface area contributed by atoms with Crippen LogP contribution in [0.15, 0.2) is 11.7 Å². The molecule has 1 fully saturated rings. The van der Waals surface area contributed by atoms with Gasteiger partial charge in [0.1, 0.15) is 6.33 Å². The Hall–Kier alpha value is -1.63. The normalized spacial score (nSPS) is 15.1. The molecule has 2 amide bonds. The zero-order valence-electron chi connectivity index (χ0n) is 9.22. The van der Waals surface area contributed by atoms with Crippen LogP contribution in [-0.4, -0.2) is 33.2 Å². The second-order valence-corrected chi connectivity index (χ2v) is 4.94. The fourth-order valence-corrected chi connectivity index (χ4v) is 2.44. The number of nitrogens with one attached hydrogen (secondary N) is 2. The van der Waals surface area contributed by atoms with E-state index in [0.717, 1.165) is 29.9 Å². The summed E-state index contributed by atoms with van der Waals surface area (Å²) in [6, 6.07) is 0.329. The summed E-state index contributed by atoms with van der Waals surface area (Å²) in [5, 5.41) is 11.9. The van der Waals surface area contributed by atoms with Crippen molar-refractivity contribution >= 4 is 22.3 Å². The molecule has 2 aromatic heterocycles. The first-order valence-corrected chi connectivity index (χ1v) is 6.51. The summed E-state index contributed by atoms with van der Waals surface area (Å²) >= 11 is 1.56. The molecular formula is C10H13N5OS. The van der Waals surface area contributed by atoms with E-state index in [4.69, 9.17) is 0 Å². The van der Waals surface area contributed by atoms with Gasteiger partial charge < -0.3 is 10.6 Å². The molecule has 0 atom stereocenters. The molecule has 7 heteroatoms. The molecule has 0 spiro atoms. The van der Waals surface area contributed by atoms with Crippen LogP contribution < -0.4 is 10.6 Å². The molecule has 2 heterocycles. The molecule has 0 aromatic carbocycles. The molecule has 0 aliphatic heterocycles. The summed E-state index contributed by atoms with van der Waals surface area (Å²) < 4.78 is 1.81. The van der Waals surface area contributed by atoms with Gasteiger partial charge in [-0.1, -0.05) is 0 Å². The zero-order chi connectivity index (χ0) is 11.7. The van der Waals surface area contributed by atoms with E-state index in [1.54, 1.807) is 17.7 Å². The average Bonchev–Trinajstić information content (AvgIpc) is 2.87. The van der Waals surface area contributed by atoms with Crippen LogP contribution >= 0.6 is 11.3 Å². The molecule has 1 aliphatic rings. The van der Waals surface area contributed by atoms with Gasteiger partial charge in [-0.05, 0) is 12.8 Å². The molecule has 0 bridgehead atoms. The number of hydrogen-bond acceptors (Lipinski definition) is 4. The van der Waals surface area contributed by atoms with Gasteiger partial charge in [0.15, 0.2) is 0 Å². The van der Waals surface area contributed by atoms with Gasteiger partial charge >= 0.3 is 6.03 Å². The fraction of sp³-hybridized carbons (Fsp3) is 0.500. The van der Waals surface area contributed by atoms with E-state index in [0.29, 0.717) is 12.6 Å². The molecule has 2 N–H and O–H groups in total. The molecule has 0 radical (unpaired) electrons. The lowest BCUT2D eigenvalue weighted by Crippen LogP contribution is -2.37. The fourth-order valence-electron chi connectivity index (χ4n) is 1.61. The van der Waals surface area contributed by atoms with Crippen molar-refractivity contribution in [3.8, 4) is 0 Å². The first-order valence-electron chi connectivity index (χ1n) is 5.63. The maximum absolute atomic E-state index is 11.4. The molecule has 0 unspecified atom stereocenters. The Kier molecular flexibility index (Phi) is 2.68. The van der Waals surface area contributed by atoms with Gasteiger partial charge in [-0.15, -0.1) is 11.3 Å². The molecule has 2 aromatic rings. The number of nitrogens with zero attached hydrogens (tertiary/aromatic N) is 3. The number of fused-ring (bicyclic) bond motifs is 1. The van der Waals surface area contributed by atoms with Crippen LogP contribution in [0.25, 0.3) is 4.96 Å². The third kappa shape index (κ3) is 2.38. The average molecular weight is 251 g/mol. The molecule has 17 heavy (non-hydrogen) atoms. The van der Waals surface area contributed by atoms with Crippen molar-refractivity contribution in [3.63, 3.8) is 0 Å². The van der Waals surface area contributed by atoms with Gasteiger partial charge in [0.05, 0.1) is 5.69 Å². The zero-order valence-corrected chi connectivity index (χ0v) is 10.0. The Balaban J connectivity index is 1.50. The summed E-state index contributed by atoms with van der Waals surface area (Å²) in [4.78, 5) is 16.4. The second-order valence-electron chi connectivity index (χ2n) is 4.11. The third-order valence-electron chi connectivity index (χ3n) is 2.67. The van der Waals surface area contributed by atoms with E-state index < -0.39 is 0 Å². The van der Waals surface area contributed by atoms with Crippen LogP contribution in [0.1, 0.15) is 18.5 Å². The lowest BCUT2D eigenvalue weighted by molar-refractivity contribution is 0.240. The monoisotopic (exact) mass is 251 g/mol. The van der Waals surface area contributed by atoms with Gasteiger partial charge in [-0.2, -0.15) is 5.10 Å². The number of rotatable bonds is 4. The minimum atomic E-state index is -0.0717. The first-order chi connectivity index (χ1) is 8.33. The molecule has 3 rings (SSSR count). The first kappa shape index (κ1) is 10.5. The maximum atomic E-state index is 11.4. The number of aromatic nitrogens is 3. The Labute approximate surface area is 102 Å². The molecule has 1 saturated carbocycles. The number of urea groups is 1. The Morgan fingerprint density at radius 3 is 3.29 bits per heavy atom. The topological polar surface area (TPSA) is 71.3 Å². The smallest absolute Gasteiger partial charge is 0.315 e. The van der Waals surface area contributed by atoms with E-state index in [2.05, 4.69) is 20.7 Å². The van der Waals surface area contributed by atoms with Gasteiger partial charge in [0.25, 0.3) is 0 Å². The molecule has 90 valence electrons. The van der Waals surface area contributed by atoms with E-state index in [-0.39, 0.29) is 6.03 Å². The lowest BCUT2D eigenvalue weighted by Gasteiger charge is -2.05. The van der Waals surface area contributed by atoms with E-state index in [1.165, 1.54) is 0 Å². The predicted molar refractivity (Wildman–Crippen MR) is 64.1 cm³/mol. The highest BCUT2D eigenvalue weighted by Crippen LogP contribution is 2.18. The van der Waals surface area contributed by atoms with Crippen molar-refractivity contribution in [2.45, 2.75) is 25.3 Å².